The van der Waals surface area contributed by atoms with E-state index in [1.165, 1.54) is 42.4 Å². The average Bonchev–Trinajstić information content (AvgIpc) is 2.47. The summed E-state index contributed by atoms with van der Waals surface area (Å²) in [5.41, 5.74) is 9.62. The molecule has 0 radical (unpaired) electrons. The predicted octanol–water partition coefficient (Wildman–Crippen LogP) is 2.87. The summed E-state index contributed by atoms with van der Waals surface area (Å²) in [6.07, 6.45) is 7.35. The molecular weight excluding hydrogens is 248 g/mol. The maximum atomic E-state index is 11.8. The van der Waals surface area contributed by atoms with Crippen molar-refractivity contribution in [2.24, 2.45) is 5.73 Å². The summed E-state index contributed by atoms with van der Waals surface area (Å²) in [5, 5.41) is 3.08. The zero-order valence-electron chi connectivity index (χ0n) is 12.5. The minimum Gasteiger partial charge on any atom is -0.350 e. The molecule has 3 heteroatoms. The normalized spacial score (nSPS) is 15.5. The summed E-state index contributed by atoms with van der Waals surface area (Å²) in [7, 11) is 0. The molecule has 0 saturated heterocycles. The van der Waals surface area contributed by atoms with Crippen molar-refractivity contribution in [1.29, 1.82) is 0 Å². The van der Waals surface area contributed by atoms with Gasteiger partial charge >= 0.3 is 0 Å². The molecule has 1 amide bonds. The summed E-state index contributed by atoms with van der Waals surface area (Å²) >= 11 is 0. The molecule has 0 aromatic heterocycles. The molecule has 1 aliphatic rings. The van der Waals surface area contributed by atoms with E-state index in [2.05, 4.69) is 30.4 Å². The van der Waals surface area contributed by atoms with Gasteiger partial charge in [0.2, 0.25) is 5.91 Å². The lowest BCUT2D eigenvalue weighted by atomic mass is 9.89. The van der Waals surface area contributed by atoms with Gasteiger partial charge in [0, 0.05) is 6.42 Å². The van der Waals surface area contributed by atoms with Crippen LogP contribution >= 0.6 is 0 Å². The Kier molecular flexibility index (Phi) is 5.60. The van der Waals surface area contributed by atoms with Crippen molar-refractivity contribution in [3.63, 3.8) is 0 Å². The molecule has 1 aromatic rings. The van der Waals surface area contributed by atoms with Gasteiger partial charge in [-0.2, -0.15) is 0 Å². The van der Waals surface area contributed by atoms with Gasteiger partial charge in [0.25, 0.3) is 0 Å². The molecule has 0 saturated carbocycles. The number of rotatable bonds is 6. The first-order valence-corrected chi connectivity index (χ1v) is 7.82. The summed E-state index contributed by atoms with van der Waals surface area (Å²) in [6.45, 7) is 2.72. The average molecular weight is 274 g/mol. The Morgan fingerprint density at radius 1 is 1.25 bits per heavy atom. The zero-order chi connectivity index (χ0) is 14.4. The number of carbonyl (C=O) groups excluding carboxylic acids is 1. The van der Waals surface area contributed by atoms with Crippen molar-refractivity contribution in [1.82, 2.24) is 5.32 Å². The summed E-state index contributed by atoms with van der Waals surface area (Å²) < 4.78 is 0. The molecule has 3 nitrogen and oxygen atoms in total. The van der Waals surface area contributed by atoms with E-state index in [4.69, 9.17) is 5.73 Å². The van der Waals surface area contributed by atoms with Gasteiger partial charge in [-0.1, -0.05) is 18.2 Å². The van der Waals surface area contributed by atoms with Gasteiger partial charge in [0.1, 0.15) is 0 Å². The first-order chi connectivity index (χ1) is 9.70. The van der Waals surface area contributed by atoms with E-state index in [0.29, 0.717) is 13.0 Å². The van der Waals surface area contributed by atoms with Crippen molar-refractivity contribution in [3.05, 3.63) is 34.9 Å². The Labute approximate surface area is 121 Å². The number of hydrogen-bond donors (Lipinski definition) is 2. The van der Waals surface area contributed by atoms with Crippen LogP contribution in [0.3, 0.4) is 0 Å². The second kappa shape index (κ2) is 7.44. The first kappa shape index (κ1) is 15.0. The number of unbranched alkanes of at least 4 members (excludes halogenated alkanes) is 1. The lowest BCUT2D eigenvalue weighted by Gasteiger charge is -2.20. The van der Waals surface area contributed by atoms with Gasteiger partial charge in [0.15, 0.2) is 0 Å². The second-order valence-electron chi connectivity index (χ2n) is 5.77. The lowest BCUT2D eigenvalue weighted by molar-refractivity contribution is -0.121. The van der Waals surface area contributed by atoms with Gasteiger partial charge in [-0.3, -0.25) is 4.79 Å². The Bertz CT molecular complexity index is 456. The van der Waals surface area contributed by atoms with Crippen molar-refractivity contribution >= 4 is 5.91 Å². The number of carbonyl (C=O) groups is 1. The number of nitrogens with one attached hydrogen (secondary N) is 1. The third-order valence-corrected chi connectivity index (χ3v) is 4.11. The van der Waals surface area contributed by atoms with Crippen molar-refractivity contribution < 1.29 is 4.79 Å². The topological polar surface area (TPSA) is 55.1 Å². The van der Waals surface area contributed by atoms with E-state index in [-0.39, 0.29) is 11.9 Å². The van der Waals surface area contributed by atoms with Gasteiger partial charge < -0.3 is 11.1 Å². The van der Waals surface area contributed by atoms with Crippen LogP contribution in [0.1, 0.15) is 61.8 Å². The summed E-state index contributed by atoms with van der Waals surface area (Å²) in [5.74, 6) is 0.128. The highest BCUT2D eigenvalue weighted by Gasteiger charge is 2.13. The molecule has 1 aliphatic carbocycles. The highest BCUT2D eigenvalue weighted by molar-refractivity contribution is 5.76. The minimum atomic E-state index is 0.0904. The molecule has 0 fully saturated rings. The highest BCUT2D eigenvalue weighted by Crippen LogP contribution is 2.24. The molecule has 110 valence electrons. The highest BCUT2D eigenvalue weighted by atomic mass is 16.1. The van der Waals surface area contributed by atoms with Crippen LogP contribution in [0.2, 0.25) is 0 Å². The van der Waals surface area contributed by atoms with E-state index in [9.17, 15) is 4.79 Å². The smallest absolute Gasteiger partial charge is 0.220 e. The van der Waals surface area contributed by atoms with Crippen molar-refractivity contribution in [2.75, 3.05) is 6.54 Å². The van der Waals surface area contributed by atoms with Crippen LogP contribution in [0.5, 0.6) is 0 Å². The summed E-state index contributed by atoms with van der Waals surface area (Å²) in [4.78, 5) is 11.8. The third-order valence-electron chi connectivity index (χ3n) is 4.11. The zero-order valence-corrected chi connectivity index (χ0v) is 12.5. The molecule has 0 spiro atoms. The molecule has 1 aromatic carbocycles. The summed E-state index contributed by atoms with van der Waals surface area (Å²) in [6, 6.07) is 6.77. The van der Waals surface area contributed by atoms with Crippen molar-refractivity contribution in [2.45, 2.75) is 57.9 Å². The Balaban J connectivity index is 1.91. The predicted molar refractivity (Wildman–Crippen MR) is 82.5 cm³/mol. The molecule has 2 rings (SSSR count). The van der Waals surface area contributed by atoms with E-state index < -0.39 is 0 Å². The first-order valence-electron chi connectivity index (χ1n) is 7.82. The van der Waals surface area contributed by atoms with E-state index in [1.54, 1.807) is 0 Å². The molecule has 20 heavy (non-hydrogen) atoms. The van der Waals surface area contributed by atoms with E-state index >= 15 is 0 Å². The second-order valence-corrected chi connectivity index (χ2v) is 5.77. The third kappa shape index (κ3) is 4.07. The van der Waals surface area contributed by atoms with Gasteiger partial charge in [0.05, 0.1) is 6.04 Å². The molecule has 3 N–H and O–H groups in total. The number of hydrogen-bond acceptors (Lipinski definition) is 2. The SMILES string of the molecule is CC(NC(=O)CCCCN)c1ccc2c(c1)CCCC2. The maximum Gasteiger partial charge on any atom is 0.220 e. The number of nitrogens with two attached hydrogens (primary N) is 1. The Morgan fingerprint density at radius 2 is 2.00 bits per heavy atom. The van der Waals surface area contributed by atoms with Crippen LogP contribution in [0.15, 0.2) is 18.2 Å². The largest absolute Gasteiger partial charge is 0.350 e. The fourth-order valence-corrected chi connectivity index (χ4v) is 2.85. The molecule has 1 unspecified atom stereocenters. The van der Waals surface area contributed by atoms with Crippen LogP contribution < -0.4 is 11.1 Å². The van der Waals surface area contributed by atoms with E-state index in [1.807, 2.05) is 0 Å². The van der Waals surface area contributed by atoms with Crippen LogP contribution in [0, 0.1) is 0 Å². The molecule has 0 bridgehead atoms. The number of amides is 1. The fraction of sp³-hybridized carbons (Fsp3) is 0.588. The van der Waals surface area contributed by atoms with Gasteiger partial charge in [-0.15, -0.1) is 0 Å². The van der Waals surface area contributed by atoms with Crippen LogP contribution in [-0.2, 0) is 17.6 Å². The minimum absolute atomic E-state index is 0.0904. The number of aryl methyl sites for hydroxylation is 2. The quantitative estimate of drug-likeness (QED) is 0.784. The van der Waals surface area contributed by atoms with Gasteiger partial charge in [-0.05, 0) is 68.7 Å². The Hall–Kier alpha value is -1.35. The van der Waals surface area contributed by atoms with Crippen LogP contribution in [-0.4, -0.2) is 12.5 Å². The van der Waals surface area contributed by atoms with Crippen LogP contribution in [0.4, 0.5) is 0 Å². The molecule has 0 aliphatic heterocycles. The molecule has 0 heterocycles. The standard InChI is InChI=1S/C17H26N2O/c1-13(19-17(20)8-4-5-11-18)15-10-9-14-6-2-3-7-16(14)12-15/h9-10,12-13H,2-8,11,18H2,1H3,(H,19,20). The number of benzene rings is 1. The van der Waals surface area contributed by atoms with Gasteiger partial charge in [-0.25, -0.2) is 0 Å². The lowest BCUT2D eigenvalue weighted by Crippen LogP contribution is -2.26. The van der Waals surface area contributed by atoms with Crippen LogP contribution in [0.25, 0.3) is 0 Å². The molecule has 1 atom stereocenters. The fourth-order valence-electron chi connectivity index (χ4n) is 2.85. The maximum absolute atomic E-state index is 11.8. The molecular formula is C17H26N2O. The monoisotopic (exact) mass is 274 g/mol. The van der Waals surface area contributed by atoms with E-state index in [0.717, 1.165) is 12.8 Å². The number of fused-ring (bicyclic) bond motifs is 1. The van der Waals surface area contributed by atoms with Crippen molar-refractivity contribution in [3.8, 4) is 0 Å². The Morgan fingerprint density at radius 3 is 2.75 bits per heavy atom.